The minimum atomic E-state index is -1.03. The van der Waals surface area contributed by atoms with Gasteiger partial charge in [0.15, 0.2) is 5.13 Å². The monoisotopic (exact) mass is 484 g/mol. The van der Waals surface area contributed by atoms with Crippen LogP contribution < -0.4 is 10.6 Å². The number of anilines is 1. The molecule has 1 aromatic carbocycles. The van der Waals surface area contributed by atoms with Crippen molar-refractivity contribution in [2.24, 2.45) is 11.7 Å². The molecular formula is C21H26Cl2N4O3S. The highest BCUT2D eigenvalue weighted by Crippen LogP contribution is 2.37. The normalized spacial score (nSPS) is 16.8. The number of carboxylic acid groups (broad SMARTS) is 1. The number of benzene rings is 1. The van der Waals surface area contributed by atoms with Crippen molar-refractivity contribution < 1.29 is 14.7 Å². The number of amides is 1. The van der Waals surface area contributed by atoms with E-state index in [2.05, 4.69) is 13.8 Å². The van der Waals surface area contributed by atoms with Crippen LogP contribution in [0.1, 0.15) is 25.1 Å². The summed E-state index contributed by atoms with van der Waals surface area (Å²) in [5.74, 6) is -0.836. The number of hydrogen-bond donors (Lipinski definition) is 2. The Bertz CT molecular complexity index is 966. The minimum absolute atomic E-state index is 0.140. The first-order valence-electron chi connectivity index (χ1n) is 10.1. The van der Waals surface area contributed by atoms with Crippen molar-refractivity contribution in [1.82, 2.24) is 9.88 Å². The molecule has 10 heteroatoms. The lowest BCUT2D eigenvalue weighted by molar-refractivity contribution is -0.150. The molecule has 2 aromatic rings. The summed E-state index contributed by atoms with van der Waals surface area (Å²) in [5, 5.41) is 11.4. The third-order valence-electron chi connectivity index (χ3n) is 5.09. The number of carbonyl (C=O) groups excluding carboxylic acids is 1. The van der Waals surface area contributed by atoms with Crippen LogP contribution in [0.2, 0.25) is 10.0 Å². The summed E-state index contributed by atoms with van der Waals surface area (Å²) in [6.07, 6.45) is 0.978. The number of piperazine rings is 1. The lowest BCUT2D eigenvalue weighted by atomic mass is 10.0. The van der Waals surface area contributed by atoms with Gasteiger partial charge in [-0.2, -0.15) is 0 Å². The van der Waals surface area contributed by atoms with E-state index in [1.165, 1.54) is 4.90 Å². The lowest BCUT2D eigenvalue weighted by Gasteiger charge is -2.39. The first kappa shape index (κ1) is 23.8. The van der Waals surface area contributed by atoms with Gasteiger partial charge in [-0.1, -0.05) is 43.1 Å². The molecule has 0 spiro atoms. The van der Waals surface area contributed by atoms with Crippen molar-refractivity contribution in [3.8, 4) is 11.3 Å². The number of rotatable bonds is 7. The van der Waals surface area contributed by atoms with Crippen LogP contribution in [-0.2, 0) is 16.0 Å². The average Bonchev–Trinajstić information content (AvgIpc) is 3.12. The van der Waals surface area contributed by atoms with Gasteiger partial charge in [-0.3, -0.25) is 4.79 Å². The summed E-state index contributed by atoms with van der Waals surface area (Å²) >= 11 is 13.9. The van der Waals surface area contributed by atoms with E-state index in [9.17, 15) is 14.7 Å². The summed E-state index contributed by atoms with van der Waals surface area (Å²) in [4.78, 5) is 33.5. The second-order valence-electron chi connectivity index (χ2n) is 7.92. The predicted molar refractivity (Wildman–Crippen MR) is 125 cm³/mol. The highest BCUT2D eigenvalue weighted by atomic mass is 35.5. The molecular weight excluding hydrogens is 459 g/mol. The Hall–Kier alpha value is -1.87. The van der Waals surface area contributed by atoms with Crippen LogP contribution in [0.3, 0.4) is 0 Å². The predicted octanol–water partition coefficient (Wildman–Crippen LogP) is 3.77. The van der Waals surface area contributed by atoms with Gasteiger partial charge in [0.1, 0.15) is 6.04 Å². The van der Waals surface area contributed by atoms with Crippen molar-refractivity contribution >= 4 is 51.5 Å². The quantitative estimate of drug-likeness (QED) is 0.620. The molecule has 0 bridgehead atoms. The van der Waals surface area contributed by atoms with Gasteiger partial charge in [0.05, 0.1) is 22.3 Å². The number of thiazole rings is 1. The Labute approximate surface area is 195 Å². The molecule has 7 nitrogen and oxygen atoms in total. The maximum Gasteiger partial charge on any atom is 0.328 e. The first-order chi connectivity index (χ1) is 14.7. The Morgan fingerprint density at radius 3 is 2.65 bits per heavy atom. The third kappa shape index (κ3) is 5.49. The SMILES string of the molecule is CC(C)Cc1sc(N2CCN(C(=O)CCN)C(C(=O)O)C2)nc1-c1ccc(Cl)c(Cl)c1. The fourth-order valence-electron chi connectivity index (χ4n) is 3.59. The highest BCUT2D eigenvalue weighted by Gasteiger charge is 2.36. The van der Waals surface area contributed by atoms with Gasteiger partial charge in [0.2, 0.25) is 5.91 Å². The smallest absolute Gasteiger partial charge is 0.328 e. The molecule has 1 aliphatic rings. The Kier molecular flexibility index (Phi) is 7.80. The molecule has 0 aliphatic carbocycles. The fraction of sp³-hybridized carbons (Fsp3) is 0.476. The van der Waals surface area contributed by atoms with E-state index in [1.807, 2.05) is 11.0 Å². The average molecular weight is 485 g/mol. The fourth-order valence-corrected chi connectivity index (χ4v) is 5.21. The second kappa shape index (κ2) is 10.2. The van der Waals surface area contributed by atoms with E-state index < -0.39 is 12.0 Å². The summed E-state index contributed by atoms with van der Waals surface area (Å²) < 4.78 is 0. The van der Waals surface area contributed by atoms with Crippen LogP contribution in [0.15, 0.2) is 18.2 Å². The van der Waals surface area contributed by atoms with Crippen LogP contribution in [0.5, 0.6) is 0 Å². The van der Waals surface area contributed by atoms with E-state index in [-0.39, 0.29) is 25.4 Å². The van der Waals surface area contributed by atoms with E-state index in [4.69, 9.17) is 33.9 Å². The molecule has 1 amide bonds. The van der Waals surface area contributed by atoms with Gasteiger partial charge in [0.25, 0.3) is 0 Å². The molecule has 0 radical (unpaired) electrons. The van der Waals surface area contributed by atoms with Gasteiger partial charge in [-0.25, -0.2) is 9.78 Å². The molecule has 168 valence electrons. The molecule has 1 aliphatic heterocycles. The van der Waals surface area contributed by atoms with Crippen LogP contribution in [0.4, 0.5) is 5.13 Å². The summed E-state index contributed by atoms with van der Waals surface area (Å²) in [6, 6.07) is 4.51. The molecule has 1 unspecified atom stereocenters. The number of carboxylic acids is 1. The zero-order valence-electron chi connectivity index (χ0n) is 17.5. The van der Waals surface area contributed by atoms with Crippen molar-refractivity contribution in [2.45, 2.75) is 32.7 Å². The van der Waals surface area contributed by atoms with Crippen molar-refractivity contribution in [3.63, 3.8) is 0 Å². The molecule has 1 aromatic heterocycles. The Morgan fingerprint density at radius 2 is 2.03 bits per heavy atom. The first-order valence-corrected chi connectivity index (χ1v) is 11.7. The molecule has 2 heterocycles. The van der Waals surface area contributed by atoms with Gasteiger partial charge >= 0.3 is 5.97 Å². The number of nitrogens with zero attached hydrogens (tertiary/aromatic N) is 3. The lowest BCUT2D eigenvalue weighted by Crippen LogP contribution is -2.58. The minimum Gasteiger partial charge on any atom is -0.480 e. The van der Waals surface area contributed by atoms with Crippen LogP contribution in [0.25, 0.3) is 11.3 Å². The molecule has 3 N–H and O–H groups in total. The molecule has 0 saturated carbocycles. The maximum atomic E-state index is 12.3. The number of carbonyl (C=O) groups is 2. The van der Waals surface area contributed by atoms with Gasteiger partial charge in [0, 0.05) is 36.5 Å². The van der Waals surface area contributed by atoms with Crippen molar-refractivity contribution in [3.05, 3.63) is 33.1 Å². The third-order valence-corrected chi connectivity index (χ3v) is 6.96. The van der Waals surface area contributed by atoms with Gasteiger partial charge in [-0.15, -0.1) is 11.3 Å². The number of hydrogen-bond acceptors (Lipinski definition) is 6. The summed E-state index contributed by atoms with van der Waals surface area (Å²) in [6.45, 7) is 5.48. The number of aromatic nitrogens is 1. The van der Waals surface area contributed by atoms with E-state index in [1.54, 1.807) is 23.5 Å². The molecule has 1 atom stereocenters. The Morgan fingerprint density at radius 1 is 1.29 bits per heavy atom. The molecule has 1 saturated heterocycles. The number of halogens is 2. The van der Waals surface area contributed by atoms with Crippen molar-refractivity contribution in [2.75, 3.05) is 31.1 Å². The van der Waals surface area contributed by atoms with E-state index in [0.29, 0.717) is 29.1 Å². The standard InChI is InChI=1S/C21H26Cl2N4O3S/c1-12(2)9-17-19(13-3-4-14(22)15(23)10-13)25-21(31-17)26-7-8-27(18(28)5-6-24)16(11-26)20(29)30/h3-4,10,12,16H,5-9,11,24H2,1-2H3,(H,29,30). The summed E-state index contributed by atoms with van der Waals surface area (Å²) in [5.41, 5.74) is 7.19. The summed E-state index contributed by atoms with van der Waals surface area (Å²) in [7, 11) is 0. The van der Waals surface area contributed by atoms with Crippen molar-refractivity contribution in [1.29, 1.82) is 0 Å². The number of nitrogens with two attached hydrogens (primary N) is 1. The zero-order valence-corrected chi connectivity index (χ0v) is 19.8. The second-order valence-corrected chi connectivity index (χ2v) is 9.80. The molecule has 3 rings (SSSR count). The molecule has 1 fully saturated rings. The van der Waals surface area contributed by atoms with Crippen LogP contribution >= 0.6 is 34.5 Å². The largest absolute Gasteiger partial charge is 0.480 e. The topological polar surface area (TPSA) is 99.8 Å². The maximum absolute atomic E-state index is 12.3. The van der Waals surface area contributed by atoms with Gasteiger partial charge in [-0.05, 0) is 24.5 Å². The van der Waals surface area contributed by atoms with E-state index >= 15 is 0 Å². The van der Waals surface area contributed by atoms with Crippen LogP contribution in [0, 0.1) is 5.92 Å². The van der Waals surface area contributed by atoms with Crippen LogP contribution in [-0.4, -0.2) is 59.1 Å². The zero-order chi connectivity index (χ0) is 22.7. The molecule has 31 heavy (non-hydrogen) atoms. The highest BCUT2D eigenvalue weighted by molar-refractivity contribution is 7.16. The number of aliphatic carboxylic acids is 1. The van der Waals surface area contributed by atoms with Gasteiger partial charge < -0.3 is 20.6 Å². The Balaban J connectivity index is 1.92. The van der Waals surface area contributed by atoms with E-state index in [0.717, 1.165) is 27.7 Å².